The van der Waals surface area contributed by atoms with Crippen molar-refractivity contribution in [3.63, 3.8) is 0 Å². The molecule has 0 unspecified atom stereocenters. The molecule has 7 nitrogen and oxygen atoms in total. The number of aryl methyl sites for hydroxylation is 2. The summed E-state index contributed by atoms with van der Waals surface area (Å²) in [6.07, 6.45) is 5.72. The van der Waals surface area contributed by atoms with Crippen LogP contribution in [0.25, 0.3) is 0 Å². The summed E-state index contributed by atoms with van der Waals surface area (Å²) in [7, 11) is -3.53. The Balaban J connectivity index is 1.73. The van der Waals surface area contributed by atoms with Gasteiger partial charge in [0.15, 0.2) is 0 Å². The van der Waals surface area contributed by atoms with Crippen LogP contribution in [0.4, 0.5) is 5.69 Å². The van der Waals surface area contributed by atoms with E-state index in [0.717, 1.165) is 42.4 Å². The zero-order chi connectivity index (χ0) is 27.2. The molecule has 202 valence electrons. The number of nitrogens with zero attached hydrogens (tertiary/aromatic N) is 2. The van der Waals surface area contributed by atoms with Crippen molar-refractivity contribution in [1.82, 2.24) is 10.2 Å². The molecule has 3 rings (SSSR count). The summed E-state index contributed by atoms with van der Waals surface area (Å²) in [6.45, 7) is 6.06. The number of halogens is 1. The van der Waals surface area contributed by atoms with E-state index in [1.165, 1.54) is 10.6 Å². The number of nitrogens with one attached hydrogen (secondary N) is 1. The van der Waals surface area contributed by atoms with Gasteiger partial charge in [-0.1, -0.05) is 42.6 Å². The number of benzene rings is 2. The average molecular weight is 548 g/mol. The fraction of sp³-hybridized carbons (Fsp3) is 0.500. The van der Waals surface area contributed by atoms with Gasteiger partial charge in [0.25, 0.3) is 0 Å². The Morgan fingerprint density at radius 2 is 1.78 bits per heavy atom. The third-order valence-electron chi connectivity index (χ3n) is 7.04. The first-order valence-corrected chi connectivity index (χ1v) is 15.1. The lowest BCUT2D eigenvalue weighted by Gasteiger charge is -2.30. The standard InChI is InChI=1S/C28H38ClN3O4S/c1-20-14-15-26(17-21(20)2)32(37(4,35)36)16-8-13-27(33)31(19-23-9-7-10-24(29)18-23)22(3)28(34)30-25-11-5-6-12-25/h7,9-10,14-15,17-18,22,25H,5-6,8,11-13,16,19H2,1-4H3,(H,30,34)/t22-/m0/s1. The normalized spacial score (nSPS) is 14.8. The molecule has 1 fully saturated rings. The van der Waals surface area contributed by atoms with Crippen molar-refractivity contribution in [2.24, 2.45) is 0 Å². The van der Waals surface area contributed by atoms with Gasteiger partial charge >= 0.3 is 0 Å². The minimum Gasteiger partial charge on any atom is -0.352 e. The molecular weight excluding hydrogens is 510 g/mol. The molecule has 1 aliphatic carbocycles. The van der Waals surface area contributed by atoms with Crippen LogP contribution in [0.5, 0.6) is 0 Å². The molecule has 0 heterocycles. The molecule has 2 aromatic carbocycles. The molecule has 0 saturated heterocycles. The SMILES string of the molecule is Cc1ccc(N(CCCC(=O)N(Cc2cccc(Cl)c2)[C@@H](C)C(=O)NC2CCCC2)S(C)(=O)=O)cc1C. The van der Waals surface area contributed by atoms with E-state index < -0.39 is 16.1 Å². The van der Waals surface area contributed by atoms with E-state index >= 15 is 0 Å². The smallest absolute Gasteiger partial charge is 0.242 e. The molecule has 37 heavy (non-hydrogen) atoms. The molecule has 9 heteroatoms. The highest BCUT2D eigenvalue weighted by Gasteiger charge is 2.28. The highest BCUT2D eigenvalue weighted by Crippen LogP contribution is 2.23. The Morgan fingerprint density at radius 3 is 2.41 bits per heavy atom. The van der Waals surface area contributed by atoms with E-state index in [4.69, 9.17) is 11.6 Å². The minimum absolute atomic E-state index is 0.110. The fourth-order valence-electron chi connectivity index (χ4n) is 4.69. The number of hydrogen-bond donors (Lipinski definition) is 1. The van der Waals surface area contributed by atoms with E-state index in [2.05, 4.69) is 5.32 Å². The molecule has 0 spiro atoms. The predicted octanol–water partition coefficient (Wildman–Crippen LogP) is 4.98. The van der Waals surface area contributed by atoms with Gasteiger partial charge in [-0.15, -0.1) is 0 Å². The molecule has 1 saturated carbocycles. The zero-order valence-corrected chi connectivity index (χ0v) is 23.7. The van der Waals surface area contributed by atoms with Crippen molar-refractivity contribution in [3.05, 3.63) is 64.2 Å². The van der Waals surface area contributed by atoms with Crippen LogP contribution in [0.15, 0.2) is 42.5 Å². The average Bonchev–Trinajstić information content (AvgIpc) is 3.34. The first-order valence-electron chi connectivity index (χ1n) is 12.8. The number of amides is 2. The molecule has 1 atom stereocenters. The number of rotatable bonds is 11. The van der Waals surface area contributed by atoms with E-state index in [1.807, 2.05) is 38.1 Å². The van der Waals surface area contributed by atoms with Gasteiger partial charge in [-0.3, -0.25) is 13.9 Å². The Kier molecular flexibility index (Phi) is 10.0. The number of anilines is 1. The van der Waals surface area contributed by atoms with E-state index in [-0.39, 0.29) is 37.4 Å². The summed E-state index contributed by atoms with van der Waals surface area (Å²) in [5, 5.41) is 3.65. The first-order chi connectivity index (χ1) is 17.5. The van der Waals surface area contributed by atoms with Gasteiger partial charge in [0.1, 0.15) is 6.04 Å². The van der Waals surface area contributed by atoms with Crippen molar-refractivity contribution in [2.75, 3.05) is 17.1 Å². The lowest BCUT2D eigenvalue weighted by atomic mass is 10.1. The van der Waals surface area contributed by atoms with Gasteiger partial charge in [0.2, 0.25) is 21.8 Å². The second-order valence-corrected chi connectivity index (χ2v) is 12.4. The van der Waals surface area contributed by atoms with Crippen molar-refractivity contribution >= 4 is 39.1 Å². The molecule has 2 amide bonds. The fourth-order valence-corrected chi connectivity index (χ4v) is 5.86. The lowest BCUT2D eigenvalue weighted by molar-refractivity contribution is -0.141. The van der Waals surface area contributed by atoms with E-state index in [0.29, 0.717) is 17.1 Å². The van der Waals surface area contributed by atoms with E-state index in [1.54, 1.807) is 30.0 Å². The maximum Gasteiger partial charge on any atom is 0.242 e. The lowest BCUT2D eigenvalue weighted by Crippen LogP contribution is -2.49. The molecule has 1 N–H and O–H groups in total. The quantitative estimate of drug-likeness (QED) is 0.430. The van der Waals surface area contributed by atoms with Gasteiger partial charge in [-0.05, 0) is 81.0 Å². The second-order valence-electron chi connectivity index (χ2n) is 10.0. The predicted molar refractivity (Wildman–Crippen MR) is 149 cm³/mol. The van der Waals surface area contributed by atoms with Crippen LogP contribution in [0.1, 0.15) is 62.1 Å². The number of carbonyl (C=O) groups excluding carboxylic acids is 2. The van der Waals surface area contributed by atoms with Crippen LogP contribution in [0.2, 0.25) is 5.02 Å². The Bertz CT molecular complexity index is 1210. The summed E-state index contributed by atoms with van der Waals surface area (Å²) in [4.78, 5) is 28.0. The van der Waals surface area contributed by atoms with Crippen LogP contribution in [0, 0.1) is 13.8 Å². The van der Waals surface area contributed by atoms with Crippen molar-refractivity contribution in [3.8, 4) is 0 Å². The van der Waals surface area contributed by atoms with Crippen molar-refractivity contribution in [1.29, 1.82) is 0 Å². The topological polar surface area (TPSA) is 86.8 Å². The summed E-state index contributed by atoms with van der Waals surface area (Å²) < 4.78 is 26.4. The van der Waals surface area contributed by atoms with Gasteiger partial charge in [-0.25, -0.2) is 8.42 Å². The summed E-state index contributed by atoms with van der Waals surface area (Å²) in [6, 6.07) is 12.2. The largest absolute Gasteiger partial charge is 0.352 e. The highest BCUT2D eigenvalue weighted by atomic mass is 35.5. The monoisotopic (exact) mass is 547 g/mol. The first kappa shape index (κ1) is 29.0. The Morgan fingerprint density at radius 1 is 1.08 bits per heavy atom. The molecule has 0 aromatic heterocycles. The zero-order valence-electron chi connectivity index (χ0n) is 22.2. The van der Waals surface area contributed by atoms with E-state index in [9.17, 15) is 18.0 Å². The highest BCUT2D eigenvalue weighted by molar-refractivity contribution is 7.92. The number of sulfonamides is 1. The Hall–Kier alpha value is -2.58. The summed E-state index contributed by atoms with van der Waals surface area (Å²) in [5.41, 5.74) is 3.48. The number of hydrogen-bond acceptors (Lipinski definition) is 4. The molecule has 0 bridgehead atoms. The third-order valence-corrected chi connectivity index (χ3v) is 8.47. The van der Waals surface area contributed by atoms with Crippen LogP contribution in [-0.2, 0) is 26.2 Å². The van der Waals surface area contributed by atoms with Crippen LogP contribution < -0.4 is 9.62 Å². The van der Waals surface area contributed by atoms with Crippen molar-refractivity contribution in [2.45, 2.75) is 77.9 Å². The van der Waals surface area contributed by atoms with Gasteiger partial charge in [0, 0.05) is 30.6 Å². The minimum atomic E-state index is -3.53. The second kappa shape index (κ2) is 12.8. The molecular formula is C28H38ClN3O4S. The Labute approximate surface area is 226 Å². The van der Waals surface area contributed by atoms with Crippen LogP contribution in [0.3, 0.4) is 0 Å². The molecule has 0 radical (unpaired) electrons. The van der Waals surface area contributed by atoms with Crippen LogP contribution >= 0.6 is 11.6 Å². The summed E-state index contributed by atoms with van der Waals surface area (Å²) in [5.74, 6) is -0.377. The van der Waals surface area contributed by atoms with Crippen molar-refractivity contribution < 1.29 is 18.0 Å². The number of carbonyl (C=O) groups is 2. The molecule has 2 aromatic rings. The maximum absolute atomic E-state index is 13.4. The maximum atomic E-state index is 13.4. The molecule has 0 aliphatic heterocycles. The van der Waals surface area contributed by atoms with Gasteiger partial charge in [0.05, 0.1) is 11.9 Å². The van der Waals surface area contributed by atoms with Gasteiger partial charge < -0.3 is 10.2 Å². The van der Waals surface area contributed by atoms with Crippen LogP contribution in [-0.4, -0.2) is 50.0 Å². The third kappa shape index (κ3) is 8.20. The molecule has 1 aliphatic rings. The summed E-state index contributed by atoms with van der Waals surface area (Å²) >= 11 is 6.16. The van der Waals surface area contributed by atoms with Gasteiger partial charge in [-0.2, -0.15) is 0 Å².